The van der Waals surface area contributed by atoms with Crippen molar-refractivity contribution in [3.05, 3.63) is 58.8 Å². The third-order valence-electron chi connectivity index (χ3n) is 3.10. The topological polar surface area (TPSA) is 63.7 Å². The number of esters is 1. The first-order chi connectivity index (χ1) is 11.4. The molecule has 0 unspecified atom stereocenters. The van der Waals surface area contributed by atoms with Crippen molar-refractivity contribution < 1.29 is 22.3 Å². The van der Waals surface area contributed by atoms with Gasteiger partial charge in [0.1, 0.15) is 17.3 Å². The maximum absolute atomic E-state index is 13.1. The maximum atomic E-state index is 13.1. The number of hydrogen-bond donors (Lipinski definition) is 0. The molecule has 2 aromatic carbocycles. The molecule has 2 aromatic rings. The number of nitrogens with zero attached hydrogens (tertiary/aromatic N) is 1. The molecule has 0 aromatic heterocycles. The fraction of sp³-hybridized carbons (Fsp3) is 0.188. The van der Waals surface area contributed by atoms with E-state index in [2.05, 4.69) is 15.9 Å². The van der Waals surface area contributed by atoms with Gasteiger partial charge >= 0.3 is 5.97 Å². The molecule has 0 N–H and O–H groups in total. The van der Waals surface area contributed by atoms with Gasteiger partial charge in [-0.2, -0.15) is 0 Å². The molecule has 0 bridgehead atoms. The molecule has 0 fully saturated rings. The van der Waals surface area contributed by atoms with Crippen LogP contribution in [0.15, 0.2) is 57.9 Å². The molecule has 8 heteroatoms. The first kappa shape index (κ1) is 18.4. The first-order valence-corrected chi connectivity index (χ1v) is 9.28. The standard InChI is InChI=1S/C16H15BrFNO4S/c1-2-23-16(20)11-19(13-9-7-12(18)8-10-13)24(21,22)15-6-4-3-5-14(15)17/h3-10H,2,11H2,1H3. The summed E-state index contributed by atoms with van der Waals surface area (Å²) < 4.78 is 45.2. The summed E-state index contributed by atoms with van der Waals surface area (Å²) in [5.41, 5.74) is 0.167. The normalized spacial score (nSPS) is 11.1. The van der Waals surface area contributed by atoms with Gasteiger partial charge in [-0.1, -0.05) is 12.1 Å². The maximum Gasteiger partial charge on any atom is 0.326 e. The van der Waals surface area contributed by atoms with E-state index in [-0.39, 0.29) is 17.2 Å². The Balaban J connectivity index is 2.50. The Kier molecular flexibility index (Phi) is 5.95. The van der Waals surface area contributed by atoms with Crippen LogP contribution in [0.2, 0.25) is 0 Å². The summed E-state index contributed by atoms with van der Waals surface area (Å²) in [6.45, 7) is 1.25. The molecular weight excluding hydrogens is 401 g/mol. The van der Waals surface area contributed by atoms with Crippen LogP contribution in [0.5, 0.6) is 0 Å². The van der Waals surface area contributed by atoms with E-state index in [4.69, 9.17) is 4.74 Å². The molecule has 24 heavy (non-hydrogen) atoms. The van der Waals surface area contributed by atoms with Gasteiger partial charge in [0.05, 0.1) is 12.3 Å². The second-order valence-corrected chi connectivity index (χ2v) is 7.41. The summed E-state index contributed by atoms with van der Waals surface area (Å²) in [6, 6.07) is 11.1. The van der Waals surface area contributed by atoms with Gasteiger partial charge in [-0.25, -0.2) is 12.8 Å². The lowest BCUT2D eigenvalue weighted by molar-refractivity contribution is -0.141. The number of halogens is 2. The minimum Gasteiger partial charge on any atom is -0.465 e. The van der Waals surface area contributed by atoms with Crippen LogP contribution in [0.3, 0.4) is 0 Å². The highest BCUT2D eigenvalue weighted by Crippen LogP contribution is 2.28. The van der Waals surface area contributed by atoms with Gasteiger partial charge < -0.3 is 4.74 Å². The molecular formula is C16H15BrFNO4S. The molecule has 0 aliphatic heterocycles. The van der Waals surface area contributed by atoms with E-state index < -0.39 is 28.4 Å². The van der Waals surface area contributed by atoms with Crippen molar-refractivity contribution in [1.29, 1.82) is 0 Å². The SMILES string of the molecule is CCOC(=O)CN(c1ccc(F)cc1)S(=O)(=O)c1ccccc1Br. The third-order valence-corrected chi connectivity index (χ3v) is 5.88. The van der Waals surface area contributed by atoms with E-state index in [1.54, 1.807) is 25.1 Å². The van der Waals surface area contributed by atoms with Gasteiger partial charge in [0, 0.05) is 4.47 Å². The second-order valence-electron chi connectivity index (χ2n) is 4.72. The minimum atomic E-state index is -4.05. The average Bonchev–Trinajstić information content (AvgIpc) is 2.54. The van der Waals surface area contributed by atoms with Crippen molar-refractivity contribution in [3.8, 4) is 0 Å². The monoisotopic (exact) mass is 415 g/mol. The minimum absolute atomic E-state index is 0.00127. The number of rotatable bonds is 6. The van der Waals surface area contributed by atoms with Crippen LogP contribution in [-0.4, -0.2) is 27.5 Å². The van der Waals surface area contributed by atoms with Crippen molar-refractivity contribution in [3.63, 3.8) is 0 Å². The van der Waals surface area contributed by atoms with Crippen LogP contribution in [-0.2, 0) is 19.6 Å². The predicted molar refractivity (Wildman–Crippen MR) is 91.7 cm³/mol. The molecule has 0 spiro atoms. The number of benzene rings is 2. The summed E-state index contributed by atoms with van der Waals surface area (Å²) in [4.78, 5) is 11.8. The Morgan fingerprint density at radius 3 is 2.38 bits per heavy atom. The second kappa shape index (κ2) is 7.76. The molecule has 0 saturated carbocycles. The highest BCUT2D eigenvalue weighted by molar-refractivity contribution is 9.10. The molecule has 0 amide bonds. The molecule has 0 heterocycles. The molecule has 128 valence electrons. The number of sulfonamides is 1. The molecule has 2 rings (SSSR count). The quantitative estimate of drug-likeness (QED) is 0.678. The van der Waals surface area contributed by atoms with Crippen LogP contribution >= 0.6 is 15.9 Å². The fourth-order valence-corrected chi connectivity index (χ4v) is 4.39. The summed E-state index contributed by atoms with van der Waals surface area (Å²) >= 11 is 3.20. The number of anilines is 1. The summed E-state index contributed by atoms with van der Waals surface area (Å²) in [5.74, 6) is -1.20. The Morgan fingerprint density at radius 1 is 1.17 bits per heavy atom. The molecule has 0 radical (unpaired) electrons. The van der Waals surface area contributed by atoms with Crippen molar-refractivity contribution in [2.75, 3.05) is 17.5 Å². The van der Waals surface area contributed by atoms with E-state index >= 15 is 0 Å². The lowest BCUT2D eigenvalue weighted by Gasteiger charge is -2.24. The smallest absolute Gasteiger partial charge is 0.326 e. The van der Waals surface area contributed by atoms with Crippen LogP contribution in [0.1, 0.15) is 6.92 Å². The van der Waals surface area contributed by atoms with Crippen molar-refractivity contribution in [1.82, 2.24) is 0 Å². The Bertz CT molecular complexity index is 824. The number of carbonyl (C=O) groups excluding carboxylic acids is 1. The van der Waals surface area contributed by atoms with E-state index in [1.807, 2.05) is 0 Å². The molecule has 0 saturated heterocycles. The zero-order chi connectivity index (χ0) is 17.7. The molecule has 0 aliphatic rings. The molecule has 5 nitrogen and oxygen atoms in total. The molecule has 0 atom stereocenters. The Morgan fingerprint density at radius 2 is 1.79 bits per heavy atom. The van der Waals surface area contributed by atoms with Gasteiger partial charge in [-0.15, -0.1) is 0 Å². The Labute approximate surface area is 148 Å². The van der Waals surface area contributed by atoms with Gasteiger partial charge in [0.2, 0.25) is 0 Å². The van der Waals surface area contributed by atoms with E-state index in [0.29, 0.717) is 4.47 Å². The summed E-state index contributed by atoms with van der Waals surface area (Å²) in [6.07, 6.45) is 0. The predicted octanol–water partition coefficient (Wildman–Crippen LogP) is 3.35. The van der Waals surface area contributed by atoms with Gasteiger partial charge in [0.25, 0.3) is 10.0 Å². The van der Waals surface area contributed by atoms with E-state index in [1.165, 1.54) is 18.2 Å². The van der Waals surface area contributed by atoms with E-state index in [9.17, 15) is 17.6 Å². The van der Waals surface area contributed by atoms with Crippen LogP contribution in [0, 0.1) is 5.82 Å². The van der Waals surface area contributed by atoms with E-state index in [0.717, 1.165) is 16.4 Å². The fourth-order valence-electron chi connectivity index (χ4n) is 2.02. The highest BCUT2D eigenvalue weighted by Gasteiger charge is 2.29. The third kappa shape index (κ3) is 4.12. The lowest BCUT2D eigenvalue weighted by Crippen LogP contribution is -2.36. The summed E-state index contributed by atoms with van der Waals surface area (Å²) in [7, 11) is -4.05. The number of carbonyl (C=O) groups is 1. The van der Waals surface area contributed by atoms with Crippen LogP contribution in [0.4, 0.5) is 10.1 Å². The van der Waals surface area contributed by atoms with Crippen molar-refractivity contribution in [2.45, 2.75) is 11.8 Å². The van der Waals surface area contributed by atoms with Gasteiger partial charge in [-0.3, -0.25) is 9.10 Å². The summed E-state index contributed by atoms with van der Waals surface area (Å²) in [5, 5.41) is 0. The van der Waals surface area contributed by atoms with Crippen molar-refractivity contribution >= 4 is 37.6 Å². The van der Waals surface area contributed by atoms with Crippen LogP contribution < -0.4 is 4.31 Å². The van der Waals surface area contributed by atoms with Crippen LogP contribution in [0.25, 0.3) is 0 Å². The lowest BCUT2D eigenvalue weighted by atomic mass is 10.3. The average molecular weight is 416 g/mol. The molecule has 0 aliphatic carbocycles. The zero-order valence-corrected chi connectivity index (χ0v) is 15.2. The van der Waals surface area contributed by atoms with Gasteiger partial charge in [0.15, 0.2) is 0 Å². The number of ether oxygens (including phenoxy) is 1. The number of hydrogen-bond acceptors (Lipinski definition) is 4. The van der Waals surface area contributed by atoms with Crippen molar-refractivity contribution in [2.24, 2.45) is 0 Å². The van der Waals surface area contributed by atoms with Gasteiger partial charge in [-0.05, 0) is 59.3 Å². The Hall–Kier alpha value is -1.93. The zero-order valence-electron chi connectivity index (χ0n) is 12.8. The first-order valence-electron chi connectivity index (χ1n) is 7.04. The largest absolute Gasteiger partial charge is 0.465 e. The highest BCUT2D eigenvalue weighted by atomic mass is 79.9.